The van der Waals surface area contributed by atoms with Gasteiger partial charge in [0.1, 0.15) is 0 Å². The van der Waals surface area contributed by atoms with Crippen LogP contribution in [0.5, 0.6) is 0 Å². The molecule has 30 heavy (non-hydrogen) atoms. The van der Waals surface area contributed by atoms with Gasteiger partial charge in [-0.2, -0.15) is 23.3 Å². The van der Waals surface area contributed by atoms with Gasteiger partial charge in [0.05, 0.1) is 17.4 Å². The van der Waals surface area contributed by atoms with E-state index in [4.69, 9.17) is 0 Å². The zero-order valence-electron chi connectivity index (χ0n) is 16.2. The number of rotatable bonds is 4. The number of alkyl halides is 3. The molecule has 1 fully saturated rings. The van der Waals surface area contributed by atoms with E-state index in [0.29, 0.717) is 11.5 Å². The van der Waals surface area contributed by atoms with E-state index in [1.54, 1.807) is 25.1 Å². The third kappa shape index (κ3) is 3.87. The quantitative estimate of drug-likeness (QED) is 0.675. The van der Waals surface area contributed by atoms with Gasteiger partial charge in [-0.25, -0.2) is 9.78 Å². The van der Waals surface area contributed by atoms with Gasteiger partial charge in [0.25, 0.3) is 5.91 Å². The van der Waals surface area contributed by atoms with Crippen molar-refractivity contribution in [3.05, 3.63) is 47.3 Å². The zero-order chi connectivity index (χ0) is 21.3. The Hall–Kier alpha value is -3.37. The van der Waals surface area contributed by atoms with Crippen LogP contribution in [0, 0.1) is 6.92 Å². The first kappa shape index (κ1) is 19.9. The third-order valence-electron chi connectivity index (χ3n) is 4.97. The van der Waals surface area contributed by atoms with Crippen molar-refractivity contribution >= 4 is 17.8 Å². The van der Waals surface area contributed by atoms with Gasteiger partial charge in [-0.15, -0.1) is 5.10 Å². The molecule has 0 atom stereocenters. The molecule has 1 aromatic carbocycles. The summed E-state index contributed by atoms with van der Waals surface area (Å²) in [6, 6.07) is 6.52. The number of carbonyl (C=O) groups excluding carboxylic acids is 1. The Labute approximate surface area is 170 Å². The number of para-hydroxylation sites is 1. The number of nitrogens with one attached hydrogen (secondary N) is 2. The Morgan fingerprint density at radius 3 is 2.60 bits per heavy atom. The third-order valence-corrected chi connectivity index (χ3v) is 4.97. The van der Waals surface area contributed by atoms with Crippen LogP contribution >= 0.6 is 0 Å². The number of nitrogens with zero attached hydrogens (tertiary/aromatic N) is 5. The summed E-state index contributed by atoms with van der Waals surface area (Å²) in [7, 11) is 0. The van der Waals surface area contributed by atoms with Crippen LogP contribution < -0.4 is 10.2 Å². The number of amides is 1. The number of halogens is 3. The van der Waals surface area contributed by atoms with Crippen molar-refractivity contribution < 1.29 is 18.0 Å². The second-order valence-corrected chi connectivity index (χ2v) is 7.09. The minimum absolute atomic E-state index is 0.0164. The van der Waals surface area contributed by atoms with Gasteiger partial charge in [0.2, 0.25) is 11.9 Å². The summed E-state index contributed by atoms with van der Waals surface area (Å²) in [5.74, 6) is -0.572. The highest BCUT2D eigenvalue weighted by Crippen LogP contribution is 2.34. The molecule has 3 heterocycles. The molecule has 1 aliphatic rings. The average Bonchev–Trinajstić information content (AvgIpc) is 3.36. The fourth-order valence-electron chi connectivity index (χ4n) is 3.49. The molecule has 0 bridgehead atoms. The van der Waals surface area contributed by atoms with Gasteiger partial charge in [-0.05, 0) is 37.8 Å². The van der Waals surface area contributed by atoms with Crippen LogP contribution in [-0.4, -0.2) is 44.0 Å². The van der Waals surface area contributed by atoms with Crippen LogP contribution in [0.15, 0.2) is 30.5 Å². The molecule has 8 nitrogen and oxygen atoms in total. The Morgan fingerprint density at radius 2 is 1.90 bits per heavy atom. The van der Waals surface area contributed by atoms with Gasteiger partial charge in [-0.3, -0.25) is 10.1 Å². The van der Waals surface area contributed by atoms with Crippen molar-refractivity contribution in [1.29, 1.82) is 0 Å². The molecule has 1 saturated heterocycles. The lowest BCUT2D eigenvalue weighted by atomic mass is 10.1. The van der Waals surface area contributed by atoms with Crippen molar-refractivity contribution in [3.8, 4) is 5.69 Å². The number of aromatic amines is 1. The molecule has 0 radical (unpaired) electrons. The van der Waals surface area contributed by atoms with E-state index in [1.165, 1.54) is 6.07 Å². The summed E-state index contributed by atoms with van der Waals surface area (Å²) >= 11 is 0. The summed E-state index contributed by atoms with van der Waals surface area (Å²) < 4.78 is 42.2. The molecule has 158 valence electrons. The van der Waals surface area contributed by atoms with E-state index in [2.05, 4.69) is 25.6 Å². The molecular formula is C19H20F3N7O. The molecule has 0 saturated carbocycles. The molecule has 2 N–H and O–H groups in total. The summed E-state index contributed by atoms with van der Waals surface area (Å²) in [4.78, 5) is 18.8. The molecule has 4 rings (SSSR count). The first-order chi connectivity index (χ1) is 14.3. The van der Waals surface area contributed by atoms with Gasteiger partial charge in [0.15, 0.2) is 5.69 Å². The van der Waals surface area contributed by atoms with Crippen LogP contribution in [-0.2, 0) is 6.18 Å². The predicted molar refractivity (Wildman–Crippen MR) is 104 cm³/mol. The minimum Gasteiger partial charge on any atom is -0.340 e. The Balaban J connectivity index is 1.62. The standard InChI is InChI=1S/C19H20F3N7O/c1-12-7-3-4-8-14(12)29-15(19(20,21)22)13(11-23-29)16(30)24-17-25-18(27-26-17)28-9-5-2-6-10-28/h3-4,7-8,11H,2,5-6,9-10H2,1H3,(H2,24,25,26,27,30). The van der Waals surface area contributed by atoms with E-state index in [0.717, 1.165) is 43.2 Å². The van der Waals surface area contributed by atoms with E-state index >= 15 is 0 Å². The predicted octanol–water partition coefficient (Wildman–Crippen LogP) is 3.56. The lowest BCUT2D eigenvalue weighted by Crippen LogP contribution is -2.30. The maximum absolute atomic E-state index is 13.8. The smallest absolute Gasteiger partial charge is 0.340 e. The van der Waals surface area contributed by atoms with Crippen LogP contribution in [0.1, 0.15) is 40.9 Å². The number of H-pyrrole nitrogens is 1. The second kappa shape index (κ2) is 7.81. The van der Waals surface area contributed by atoms with Crippen LogP contribution in [0.25, 0.3) is 5.69 Å². The number of aryl methyl sites for hydroxylation is 1. The number of hydrogen-bond acceptors (Lipinski definition) is 5. The Kier molecular flexibility index (Phi) is 5.18. The summed E-state index contributed by atoms with van der Waals surface area (Å²) in [6.45, 7) is 3.27. The number of anilines is 2. The fourth-order valence-corrected chi connectivity index (χ4v) is 3.49. The van der Waals surface area contributed by atoms with Crippen LogP contribution in [0.2, 0.25) is 0 Å². The number of aromatic nitrogens is 5. The maximum Gasteiger partial charge on any atom is 0.434 e. The molecule has 1 amide bonds. The van der Waals surface area contributed by atoms with E-state index < -0.39 is 23.3 Å². The molecule has 3 aromatic rings. The normalized spacial score (nSPS) is 14.7. The van der Waals surface area contributed by atoms with Crippen molar-refractivity contribution in [1.82, 2.24) is 25.0 Å². The Bertz CT molecular complexity index is 1050. The highest BCUT2D eigenvalue weighted by molar-refractivity contribution is 6.04. The number of hydrogen-bond donors (Lipinski definition) is 2. The fraction of sp³-hybridized carbons (Fsp3) is 0.368. The van der Waals surface area contributed by atoms with Crippen molar-refractivity contribution in [2.24, 2.45) is 0 Å². The highest BCUT2D eigenvalue weighted by Gasteiger charge is 2.41. The van der Waals surface area contributed by atoms with E-state index in [9.17, 15) is 18.0 Å². The lowest BCUT2D eigenvalue weighted by Gasteiger charge is -2.24. The topological polar surface area (TPSA) is 91.7 Å². The number of benzene rings is 1. The van der Waals surface area contributed by atoms with Gasteiger partial charge < -0.3 is 4.90 Å². The minimum atomic E-state index is -4.79. The monoisotopic (exact) mass is 419 g/mol. The molecule has 0 aliphatic carbocycles. The molecule has 11 heteroatoms. The molecule has 0 unspecified atom stereocenters. The first-order valence-corrected chi connectivity index (χ1v) is 9.54. The average molecular weight is 419 g/mol. The SMILES string of the molecule is Cc1ccccc1-n1ncc(C(=O)Nc2nc(N3CCCCC3)n[nH]2)c1C(F)(F)F. The zero-order valence-corrected chi connectivity index (χ0v) is 16.2. The van der Waals surface area contributed by atoms with Gasteiger partial charge in [0, 0.05) is 13.1 Å². The van der Waals surface area contributed by atoms with Crippen LogP contribution in [0.3, 0.4) is 0 Å². The van der Waals surface area contributed by atoms with Crippen molar-refractivity contribution in [2.45, 2.75) is 32.4 Å². The van der Waals surface area contributed by atoms with Crippen molar-refractivity contribution in [2.75, 3.05) is 23.3 Å². The molecule has 2 aromatic heterocycles. The molecule has 1 aliphatic heterocycles. The summed E-state index contributed by atoms with van der Waals surface area (Å²) in [6.07, 6.45) is -0.708. The van der Waals surface area contributed by atoms with E-state index in [1.807, 2.05) is 4.90 Å². The maximum atomic E-state index is 13.8. The number of carbonyl (C=O) groups is 1. The molecule has 0 spiro atoms. The van der Waals surface area contributed by atoms with E-state index in [-0.39, 0.29) is 11.6 Å². The molecular weight excluding hydrogens is 399 g/mol. The Morgan fingerprint density at radius 1 is 1.17 bits per heavy atom. The second-order valence-electron chi connectivity index (χ2n) is 7.09. The lowest BCUT2D eigenvalue weighted by molar-refractivity contribution is -0.143. The summed E-state index contributed by atoms with van der Waals surface area (Å²) in [5, 5.41) is 12.8. The van der Waals surface area contributed by atoms with Crippen LogP contribution in [0.4, 0.5) is 25.1 Å². The first-order valence-electron chi connectivity index (χ1n) is 9.54. The number of piperidine rings is 1. The van der Waals surface area contributed by atoms with Gasteiger partial charge in [-0.1, -0.05) is 18.2 Å². The largest absolute Gasteiger partial charge is 0.434 e. The highest BCUT2D eigenvalue weighted by atomic mass is 19.4. The summed E-state index contributed by atoms with van der Waals surface area (Å²) in [5.41, 5.74) is -0.901. The van der Waals surface area contributed by atoms with Gasteiger partial charge >= 0.3 is 6.18 Å². The van der Waals surface area contributed by atoms with Crippen molar-refractivity contribution in [3.63, 3.8) is 0 Å².